The zero-order valence-corrected chi connectivity index (χ0v) is 12.8. The van der Waals surface area contributed by atoms with E-state index < -0.39 is 0 Å². The smallest absolute Gasteiger partial charge is 0.108 e. The molecule has 1 N–H and O–H groups in total. The first kappa shape index (κ1) is 14.3. The average Bonchev–Trinajstić information content (AvgIpc) is 2.99. The Bertz CT molecular complexity index is 501. The summed E-state index contributed by atoms with van der Waals surface area (Å²) < 4.78 is 2.11. The predicted octanol–water partition coefficient (Wildman–Crippen LogP) is 3.46. The van der Waals surface area contributed by atoms with Gasteiger partial charge in [0.2, 0.25) is 0 Å². The lowest BCUT2D eigenvalue weighted by atomic mass is 10.0. The molecule has 2 rings (SSSR count). The van der Waals surface area contributed by atoms with Crippen molar-refractivity contribution in [3.63, 3.8) is 0 Å². The van der Waals surface area contributed by atoms with E-state index in [0.29, 0.717) is 6.04 Å². The molecule has 104 valence electrons. The zero-order chi connectivity index (χ0) is 13.7. The van der Waals surface area contributed by atoms with Crippen LogP contribution >= 0.6 is 11.3 Å². The highest BCUT2D eigenvalue weighted by Gasteiger charge is 2.14. The molecule has 19 heavy (non-hydrogen) atoms. The Labute approximate surface area is 119 Å². The van der Waals surface area contributed by atoms with Gasteiger partial charge in [-0.15, -0.1) is 0 Å². The van der Waals surface area contributed by atoms with Crippen LogP contribution in [0.15, 0.2) is 23.2 Å². The predicted molar refractivity (Wildman–Crippen MR) is 81.6 cm³/mol. The normalized spacial score (nSPS) is 12.8. The molecule has 3 nitrogen and oxygen atoms in total. The third-order valence-electron chi connectivity index (χ3n) is 3.49. The number of nitrogens with one attached hydrogen (secondary N) is 1. The van der Waals surface area contributed by atoms with Gasteiger partial charge in [0, 0.05) is 31.9 Å². The molecule has 0 saturated carbocycles. The second-order valence-electron chi connectivity index (χ2n) is 5.01. The van der Waals surface area contributed by atoms with Crippen molar-refractivity contribution < 1.29 is 0 Å². The van der Waals surface area contributed by atoms with Crippen molar-refractivity contribution in [3.8, 4) is 0 Å². The first-order valence-corrected chi connectivity index (χ1v) is 7.89. The Hall–Kier alpha value is -1.13. The second-order valence-corrected chi connectivity index (χ2v) is 5.75. The molecule has 0 aliphatic rings. The van der Waals surface area contributed by atoms with Crippen molar-refractivity contribution in [2.75, 3.05) is 6.54 Å². The maximum atomic E-state index is 4.41. The van der Waals surface area contributed by atoms with Gasteiger partial charge in [-0.2, -0.15) is 11.3 Å². The molecule has 2 aromatic rings. The van der Waals surface area contributed by atoms with E-state index >= 15 is 0 Å². The minimum Gasteiger partial charge on any atom is -0.338 e. The SMILES string of the molecule is CCCNC(CCc1nccn1C)c1cscc1C. The second kappa shape index (κ2) is 6.87. The first-order valence-electron chi connectivity index (χ1n) is 6.94. The number of rotatable bonds is 7. The van der Waals surface area contributed by atoms with Gasteiger partial charge in [0.15, 0.2) is 0 Å². The van der Waals surface area contributed by atoms with Crippen molar-refractivity contribution in [2.45, 2.75) is 39.2 Å². The van der Waals surface area contributed by atoms with Crippen LogP contribution in [-0.4, -0.2) is 16.1 Å². The van der Waals surface area contributed by atoms with Crippen molar-refractivity contribution >= 4 is 11.3 Å². The maximum absolute atomic E-state index is 4.41. The topological polar surface area (TPSA) is 29.9 Å². The van der Waals surface area contributed by atoms with Gasteiger partial charge in [-0.1, -0.05) is 6.92 Å². The molecule has 0 radical (unpaired) electrons. The first-order chi connectivity index (χ1) is 9.22. The lowest BCUT2D eigenvalue weighted by Gasteiger charge is -2.18. The minimum atomic E-state index is 0.447. The lowest BCUT2D eigenvalue weighted by Crippen LogP contribution is -2.23. The van der Waals surface area contributed by atoms with Crippen molar-refractivity contribution in [1.29, 1.82) is 0 Å². The summed E-state index contributed by atoms with van der Waals surface area (Å²) in [5, 5.41) is 8.18. The quantitative estimate of drug-likeness (QED) is 0.840. The van der Waals surface area contributed by atoms with E-state index in [-0.39, 0.29) is 0 Å². The molecule has 4 heteroatoms. The molecule has 2 heterocycles. The monoisotopic (exact) mass is 277 g/mol. The summed E-state index contributed by atoms with van der Waals surface area (Å²) in [4.78, 5) is 4.41. The summed E-state index contributed by atoms with van der Waals surface area (Å²) in [6, 6.07) is 0.447. The van der Waals surface area contributed by atoms with Crippen molar-refractivity contribution in [1.82, 2.24) is 14.9 Å². The van der Waals surface area contributed by atoms with E-state index in [4.69, 9.17) is 0 Å². The van der Waals surface area contributed by atoms with Crippen LogP contribution in [0.3, 0.4) is 0 Å². The summed E-state index contributed by atoms with van der Waals surface area (Å²) in [5.74, 6) is 1.16. The highest BCUT2D eigenvalue weighted by atomic mass is 32.1. The van der Waals surface area contributed by atoms with Crippen LogP contribution in [-0.2, 0) is 13.5 Å². The third-order valence-corrected chi connectivity index (χ3v) is 4.37. The molecule has 0 aliphatic carbocycles. The molecule has 0 saturated heterocycles. The highest BCUT2D eigenvalue weighted by molar-refractivity contribution is 7.08. The van der Waals surface area contributed by atoms with Crippen LogP contribution in [0.25, 0.3) is 0 Å². The molecule has 0 aromatic carbocycles. The van der Waals surface area contributed by atoms with Gasteiger partial charge >= 0.3 is 0 Å². The highest BCUT2D eigenvalue weighted by Crippen LogP contribution is 2.25. The molecule has 0 bridgehead atoms. The number of imidazole rings is 1. The zero-order valence-electron chi connectivity index (χ0n) is 12.0. The standard InChI is InChI=1S/C15H23N3S/c1-4-7-16-14(13-11-19-10-12(13)2)5-6-15-17-8-9-18(15)3/h8-11,14,16H,4-7H2,1-3H3. The maximum Gasteiger partial charge on any atom is 0.108 e. The fraction of sp³-hybridized carbons (Fsp3) is 0.533. The molecule has 0 amide bonds. The van der Waals surface area contributed by atoms with Gasteiger partial charge in [0.05, 0.1) is 0 Å². The van der Waals surface area contributed by atoms with E-state index in [1.807, 2.05) is 12.4 Å². The molecule has 0 aliphatic heterocycles. The number of hydrogen-bond donors (Lipinski definition) is 1. The van der Waals surface area contributed by atoms with Gasteiger partial charge in [-0.3, -0.25) is 0 Å². The van der Waals surface area contributed by atoms with Crippen LogP contribution in [0.2, 0.25) is 0 Å². The van der Waals surface area contributed by atoms with E-state index in [1.165, 1.54) is 17.5 Å². The van der Waals surface area contributed by atoms with Gasteiger partial charge in [-0.05, 0) is 48.2 Å². The van der Waals surface area contributed by atoms with Gasteiger partial charge in [-0.25, -0.2) is 4.98 Å². The van der Waals surface area contributed by atoms with Crippen LogP contribution in [0.5, 0.6) is 0 Å². The molecule has 0 spiro atoms. The number of hydrogen-bond acceptors (Lipinski definition) is 3. The largest absolute Gasteiger partial charge is 0.338 e. The van der Waals surface area contributed by atoms with E-state index in [0.717, 1.165) is 25.2 Å². The lowest BCUT2D eigenvalue weighted by molar-refractivity contribution is 0.490. The summed E-state index contributed by atoms with van der Waals surface area (Å²) in [6.07, 6.45) is 7.17. The van der Waals surface area contributed by atoms with Gasteiger partial charge < -0.3 is 9.88 Å². The number of aryl methyl sites for hydroxylation is 3. The Kier molecular flexibility index (Phi) is 5.16. The van der Waals surface area contributed by atoms with Crippen LogP contribution in [0, 0.1) is 6.92 Å². The van der Waals surface area contributed by atoms with E-state index in [1.54, 1.807) is 11.3 Å². The van der Waals surface area contributed by atoms with E-state index in [2.05, 4.69) is 46.5 Å². The summed E-state index contributed by atoms with van der Waals surface area (Å²) in [5.41, 5.74) is 2.85. The average molecular weight is 277 g/mol. The van der Waals surface area contributed by atoms with Gasteiger partial charge in [0.25, 0.3) is 0 Å². The molecular weight excluding hydrogens is 254 g/mol. The number of aromatic nitrogens is 2. The van der Waals surface area contributed by atoms with Crippen LogP contribution < -0.4 is 5.32 Å². The molecule has 1 unspecified atom stereocenters. The number of thiophene rings is 1. The van der Waals surface area contributed by atoms with Crippen LogP contribution in [0.4, 0.5) is 0 Å². The Balaban J connectivity index is 2.02. The molecule has 0 fully saturated rings. The molecule has 1 atom stereocenters. The minimum absolute atomic E-state index is 0.447. The van der Waals surface area contributed by atoms with Crippen molar-refractivity contribution in [3.05, 3.63) is 40.1 Å². The third kappa shape index (κ3) is 3.67. The fourth-order valence-electron chi connectivity index (χ4n) is 2.32. The Morgan fingerprint density at radius 1 is 1.42 bits per heavy atom. The summed E-state index contributed by atoms with van der Waals surface area (Å²) >= 11 is 1.79. The summed E-state index contributed by atoms with van der Waals surface area (Å²) in [6.45, 7) is 5.48. The molecule has 2 aromatic heterocycles. The van der Waals surface area contributed by atoms with E-state index in [9.17, 15) is 0 Å². The van der Waals surface area contributed by atoms with Crippen LogP contribution in [0.1, 0.15) is 42.8 Å². The Morgan fingerprint density at radius 2 is 2.26 bits per heavy atom. The molecular formula is C15H23N3S. The number of nitrogens with zero attached hydrogens (tertiary/aromatic N) is 2. The van der Waals surface area contributed by atoms with Crippen molar-refractivity contribution in [2.24, 2.45) is 7.05 Å². The van der Waals surface area contributed by atoms with Gasteiger partial charge in [0.1, 0.15) is 5.82 Å². The fourth-order valence-corrected chi connectivity index (χ4v) is 3.23. The summed E-state index contributed by atoms with van der Waals surface area (Å²) in [7, 11) is 2.06. The Morgan fingerprint density at radius 3 is 2.84 bits per heavy atom.